The van der Waals surface area contributed by atoms with Crippen LogP contribution in [-0.4, -0.2) is 18.3 Å². The predicted molar refractivity (Wildman–Crippen MR) is 71.4 cm³/mol. The zero-order valence-corrected chi connectivity index (χ0v) is 10.7. The number of hydrazone groups is 1. The number of ether oxygens (including phenoxy) is 1. The summed E-state index contributed by atoms with van der Waals surface area (Å²) in [7, 11) is 0. The lowest BCUT2D eigenvalue weighted by Gasteiger charge is -2.07. The Balaban J connectivity index is 2.00. The zero-order chi connectivity index (χ0) is 13.0. The number of anilines is 1. The number of benzene rings is 1. The van der Waals surface area contributed by atoms with Crippen molar-refractivity contribution in [3.8, 4) is 0 Å². The Morgan fingerprint density at radius 3 is 2.67 bits per heavy atom. The summed E-state index contributed by atoms with van der Waals surface area (Å²) >= 11 is 0. The number of para-hydroxylation sites is 1. The molecule has 0 bridgehead atoms. The van der Waals surface area contributed by atoms with Crippen LogP contribution in [0.2, 0.25) is 0 Å². The van der Waals surface area contributed by atoms with Gasteiger partial charge in [0, 0.05) is 11.8 Å². The fourth-order valence-corrected chi connectivity index (χ4v) is 1.92. The average molecular weight is 246 g/mol. The van der Waals surface area contributed by atoms with Gasteiger partial charge in [-0.15, -0.1) is 5.10 Å². The number of rotatable bonds is 5. The number of nitrogens with zero attached hydrogens (tertiary/aromatic N) is 1. The molecule has 1 aromatic carbocycles. The Kier molecular flexibility index (Phi) is 3.97. The average Bonchev–Trinajstić information content (AvgIpc) is 3.16. The van der Waals surface area contributed by atoms with Crippen LogP contribution in [0.3, 0.4) is 0 Å². The van der Waals surface area contributed by atoms with Gasteiger partial charge in [0.2, 0.25) is 5.90 Å². The van der Waals surface area contributed by atoms with E-state index in [0.29, 0.717) is 12.5 Å². The fraction of sp³-hybridized carbons (Fsp3) is 0.429. The van der Waals surface area contributed by atoms with Gasteiger partial charge in [0.15, 0.2) is 0 Å². The summed E-state index contributed by atoms with van der Waals surface area (Å²) in [6.07, 6.45) is 0.852. The van der Waals surface area contributed by atoms with Crippen molar-refractivity contribution in [2.75, 3.05) is 12.0 Å². The first-order valence-electron chi connectivity index (χ1n) is 6.24. The Hall–Kier alpha value is -1.84. The van der Waals surface area contributed by atoms with E-state index in [1.54, 1.807) is 6.92 Å². The number of carbonyl (C=O) groups is 1. The molecule has 0 aromatic heterocycles. The van der Waals surface area contributed by atoms with E-state index in [0.717, 1.165) is 12.1 Å². The highest BCUT2D eigenvalue weighted by molar-refractivity contribution is 5.92. The van der Waals surface area contributed by atoms with Crippen LogP contribution in [0.5, 0.6) is 0 Å². The molecule has 0 amide bonds. The monoisotopic (exact) mass is 246 g/mol. The maximum atomic E-state index is 11.3. The smallest absolute Gasteiger partial charge is 0.210 e. The van der Waals surface area contributed by atoms with Crippen molar-refractivity contribution in [2.45, 2.75) is 20.3 Å². The van der Waals surface area contributed by atoms with Gasteiger partial charge in [-0.2, -0.15) is 0 Å². The molecule has 1 fully saturated rings. The van der Waals surface area contributed by atoms with Crippen molar-refractivity contribution in [1.29, 1.82) is 0 Å². The molecule has 0 saturated heterocycles. The van der Waals surface area contributed by atoms with Gasteiger partial charge in [-0.3, -0.25) is 10.2 Å². The van der Waals surface area contributed by atoms with E-state index in [1.165, 1.54) is 0 Å². The Bertz CT molecular complexity index is 442. The SMILES string of the molecule is CCOC(=NNc1ccccc1)C1CC1C(C)=O. The Morgan fingerprint density at radius 1 is 1.39 bits per heavy atom. The molecular formula is C14H18N2O2. The molecule has 1 aliphatic carbocycles. The third kappa shape index (κ3) is 3.09. The molecule has 0 spiro atoms. The lowest BCUT2D eigenvalue weighted by molar-refractivity contribution is -0.118. The first-order valence-corrected chi connectivity index (χ1v) is 6.24. The summed E-state index contributed by atoms with van der Waals surface area (Å²) in [6, 6.07) is 9.69. The second kappa shape index (κ2) is 5.67. The highest BCUT2D eigenvalue weighted by atomic mass is 16.5. The van der Waals surface area contributed by atoms with Gasteiger partial charge in [-0.25, -0.2) is 0 Å². The summed E-state index contributed by atoms with van der Waals surface area (Å²) in [5, 5.41) is 4.27. The van der Waals surface area contributed by atoms with Gasteiger partial charge in [0.05, 0.1) is 12.3 Å². The van der Waals surface area contributed by atoms with E-state index in [2.05, 4.69) is 10.5 Å². The highest BCUT2D eigenvalue weighted by Gasteiger charge is 2.45. The molecule has 1 aromatic rings. The minimum atomic E-state index is 0.0906. The molecule has 2 unspecified atom stereocenters. The Morgan fingerprint density at radius 2 is 2.11 bits per heavy atom. The van der Waals surface area contributed by atoms with Crippen molar-refractivity contribution in [3.63, 3.8) is 0 Å². The number of ketones is 1. The van der Waals surface area contributed by atoms with Gasteiger partial charge in [-0.1, -0.05) is 18.2 Å². The van der Waals surface area contributed by atoms with Gasteiger partial charge >= 0.3 is 0 Å². The lowest BCUT2D eigenvalue weighted by atomic mass is 10.2. The van der Waals surface area contributed by atoms with Crippen molar-refractivity contribution >= 4 is 17.4 Å². The van der Waals surface area contributed by atoms with E-state index < -0.39 is 0 Å². The quantitative estimate of drug-likeness (QED) is 0.493. The standard InChI is InChI=1S/C14H18N2O2/c1-3-18-14(13-9-12(13)10(2)17)16-15-11-7-5-4-6-8-11/h4-8,12-13,15H,3,9H2,1-2H3. The molecule has 4 nitrogen and oxygen atoms in total. The van der Waals surface area contributed by atoms with Crippen LogP contribution < -0.4 is 5.43 Å². The number of hydrogen-bond donors (Lipinski definition) is 1. The van der Waals surface area contributed by atoms with E-state index in [4.69, 9.17) is 4.74 Å². The molecule has 18 heavy (non-hydrogen) atoms. The molecule has 4 heteroatoms. The fourth-order valence-electron chi connectivity index (χ4n) is 1.92. The van der Waals surface area contributed by atoms with Crippen molar-refractivity contribution in [2.24, 2.45) is 16.9 Å². The zero-order valence-electron chi connectivity index (χ0n) is 10.7. The number of nitrogens with one attached hydrogen (secondary N) is 1. The molecule has 96 valence electrons. The van der Waals surface area contributed by atoms with Gasteiger partial charge in [-0.05, 0) is 32.4 Å². The van der Waals surface area contributed by atoms with Gasteiger partial charge < -0.3 is 4.74 Å². The van der Waals surface area contributed by atoms with Crippen LogP contribution >= 0.6 is 0 Å². The minimum Gasteiger partial charge on any atom is -0.480 e. The second-order valence-corrected chi connectivity index (χ2v) is 4.42. The predicted octanol–water partition coefficient (Wildman–Crippen LogP) is 2.67. The van der Waals surface area contributed by atoms with E-state index in [9.17, 15) is 4.79 Å². The molecule has 2 rings (SSSR count). The third-order valence-corrected chi connectivity index (χ3v) is 2.99. The van der Waals surface area contributed by atoms with Crippen LogP contribution in [0.4, 0.5) is 5.69 Å². The summed E-state index contributed by atoms with van der Waals surface area (Å²) in [6.45, 7) is 4.11. The number of Topliss-reactive ketones (excluding diaryl/α,β-unsaturated/α-hetero) is 1. The maximum absolute atomic E-state index is 11.3. The van der Waals surface area contributed by atoms with Crippen molar-refractivity contribution in [3.05, 3.63) is 30.3 Å². The largest absolute Gasteiger partial charge is 0.480 e. The summed E-state index contributed by atoms with van der Waals surface area (Å²) < 4.78 is 5.50. The minimum absolute atomic E-state index is 0.0906. The molecular weight excluding hydrogens is 228 g/mol. The highest BCUT2D eigenvalue weighted by Crippen LogP contribution is 2.40. The van der Waals surface area contributed by atoms with Crippen molar-refractivity contribution < 1.29 is 9.53 Å². The van der Waals surface area contributed by atoms with Crippen LogP contribution in [-0.2, 0) is 9.53 Å². The number of hydrogen-bond acceptors (Lipinski definition) is 4. The van der Waals surface area contributed by atoms with Gasteiger partial charge in [0.25, 0.3) is 0 Å². The molecule has 2 atom stereocenters. The van der Waals surface area contributed by atoms with Crippen LogP contribution in [0, 0.1) is 11.8 Å². The van der Waals surface area contributed by atoms with Crippen molar-refractivity contribution in [1.82, 2.24) is 0 Å². The topological polar surface area (TPSA) is 50.7 Å². The lowest BCUT2D eigenvalue weighted by Crippen LogP contribution is -2.13. The first-order chi connectivity index (χ1) is 8.72. The van der Waals surface area contributed by atoms with E-state index in [1.807, 2.05) is 37.3 Å². The normalized spacial score (nSPS) is 22.4. The number of carbonyl (C=O) groups excluding carboxylic acids is 1. The summed E-state index contributed by atoms with van der Waals surface area (Å²) in [4.78, 5) is 11.3. The van der Waals surface area contributed by atoms with Crippen LogP contribution in [0.15, 0.2) is 35.4 Å². The van der Waals surface area contributed by atoms with E-state index >= 15 is 0 Å². The van der Waals surface area contributed by atoms with Crippen LogP contribution in [0.1, 0.15) is 20.3 Å². The Labute approximate surface area is 107 Å². The molecule has 1 N–H and O–H groups in total. The maximum Gasteiger partial charge on any atom is 0.210 e. The third-order valence-electron chi connectivity index (χ3n) is 2.99. The summed E-state index contributed by atoms with van der Waals surface area (Å²) in [5.41, 5.74) is 3.87. The molecule has 1 aliphatic rings. The molecule has 0 aliphatic heterocycles. The van der Waals surface area contributed by atoms with Gasteiger partial charge in [0.1, 0.15) is 5.78 Å². The molecule has 0 radical (unpaired) electrons. The van der Waals surface area contributed by atoms with Crippen LogP contribution in [0.25, 0.3) is 0 Å². The second-order valence-electron chi connectivity index (χ2n) is 4.42. The van der Waals surface area contributed by atoms with E-state index in [-0.39, 0.29) is 17.6 Å². The summed E-state index contributed by atoms with van der Waals surface area (Å²) in [5.74, 6) is 1.10. The molecule has 0 heterocycles. The molecule has 1 saturated carbocycles. The first kappa shape index (κ1) is 12.6.